The summed E-state index contributed by atoms with van der Waals surface area (Å²) >= 11 is 1.33. The highest BCUT2D eigenvalue weighted by molar-refractivity contribution is 7.98. The molecule has 0 saturated heterocycles. The summed E-state index contributed by atoms with van der Waals surface area (Å²) in [6.07, 6.45) is 2.92. The Hall–Kier alpha value is -3.31. The fraction of sp³-hybridized carbons (Fsp3) is 0.333. The Bertz CT molecular complexity index is 1180. The molecule has 0 spiro atoms. The number of furan rings is 1. The average molecular weight is 453 g/mol. The number of unbranched alkanes of at least 4 members (excludes halogenated alkanes) is 1. The van der Waals surface area contributed by atoms with Gasteiger partial charge in [-0.25, -0.2) is 9.78 Å². The Kier molecular flexibility index (Phi) is 7.90. The summed E-state index contributed by atoms with van der Waals surface area (Å²) in [5.74, 6) is 0.0250. The second-order valence-corrected chi connectivity index (χ2v) is 8.00. The molecule has 0 unspecified atom stereocenters. The molecule has 0 aliphatic heterocycles. The second-order valence-electron chi connectivity index (χ2n) is 7.03. The molecule has 0 amide bonds. The first-order valence-electron chi connectivity index (χ1n) is 10.4. The van der Waals surface area contributed by atoms with E-state index in [9.17, 15) is 14.9 Å². The number of fused-ring (bicyclic) bond motifs is 1. The van der Waals surface area contributed by atoms with Gasteiger partial charge in [0.25, 0.3) is 0 Å². The molecule has 0 fully saturated rings. The zero-order chi connectivity index (χ0) is 23.1. The van der Waals surface area contributed by atoms with E-state index in [0.29, 0.717) is 33.1 Å². The van der Waals surface area contributed by atoms with Gasteiger partial charge in [0.05, 0.1) is 17.9 Å². The van der Waals surface area contributed by atoms with Crippen LogP contribution in [0.4, 0.5) is 0 Å². The third kappa shape index (κ3) is 5.48. The van der Waals surface area contributed by atoms with Crippen molar-refractivity contribution >= 4 is 34.7 Å². The maximum atomic E-state index is 12.7. The number of nitrogens with zero attached hydrogens (tertiary/aromatic N) is 2. The normalized spacial score (nSPS) is 10.7. The smallest absolute Gasteiger partial charge is 0.342 e. The summed E-state index contributed by atoms with van der Waals surface area (Å²) in [5.41, 5.74) is 2.16. The minimum atomic E-state index is -0.521. The van der Waals surface area contributed by atoms with Crippen LogP contribution in [0, 0.1) is 11.3 Å². The molecule has 166 valence electrons. The van der Waals surface area contributed by atoms with Crippen molar-refractivity contribution in [3.8, 4) is 11.8 Å². The Balaban J connectivity index is 1.96. The van der Waals surface area contributed by atoms with E-state index >= 15 is 0 Å². The van der Waals surface area contributed by atoms with Crippen LogP contribution in [0.3, 0.4) is 0 Å². The third-order valence-electron chi connectivity index (χ3n) is 4.64. The van der Waals surface area contributed by atoms with Crippen LogP contribution in [0.25, 0.3) is 11.0 Å². The Labute approximate surface area is 190 Å². The van der Waals surface area contributed by atoms with Gasteiger partial charge in [0.1, 0.15) is 33.8 Å². The number of hydrogen-bond acceptors (Lipinski definition) is 8. The molecule has 0 aliphatic rings. The van der Waals surface area contributed by atoms with Crippen molar-refractivity contribution in [2.75, 3.05) is 6.61 Å². The molecule has 0 aliphatic carbocycles. The lowest BCUT2D eigenvalue weighted by molar-refractivity contribution is -0.131. The largest absolute Gasteiger partial charge is 0.462 e. The molecule has 2 heterocycles. The van der Waals surface area contributed by atoms with E-state index in [0.717, 1.165) is 25.0 Å². The first kappa shape index (κ1) is 23.4. The third-order valence-corrected chi connectivity index (χ3v) is 5.63. The number of aromatic nitrogens is 1. The number of benzene rings is 1. The fourth-order valence-corrected chi connectivity index (χ4v) is 4.11. The van der Waals surface area contributed by atoms with Gasteiger partial charge in [0.15, 0.2) is 0 Å². The summed E-state index contributed by atoms with van der Waals surface area (Å²) in [5, 5.41) is 10.6. The number of carbonyl (C=O) groups excluding carboxylic acids is 2. The van der Waals surface area contributed by atoms with Crippen molar-refractivity contribution in [1.29, 1.82) is 5.26 Å². The van der Waals surface area contributed by atoms with E-state index in [2.05, 4.69) is 18.0 Å². The standard InChI is InChI=1S/C24H24N2O5S/c1-4-6-7-17-9-8-16(13-25)23(26-17)32-14-21-22(24(28)29-5-2)19-12-18(30-15(3)27)10-11-20(19)31-21/h8-12H,4-7,14H2,1-3H3. The molecule has 0 atom stereocenters. The molecule has 0 radical (unpaired) electrons. The molecule has 0 N–H and O–H groups in total. The van der Waals surface area contributed by atoms with Crippen LogP contribution in [0.1, 0.15) is 61.0 Å². The van der Waals surface area contributed by atoms with E-state index in [-0.39, 0.29) is 17.9 Å². The van der Waals surface area contributed by atoms with Crippen LogP contribution in [0.15, 0.2) is 39.8 Å². The number of rotatable bonds is 9. The van der Waals surface area contributed by atoms with E-state index in [1.165, 1.54) is 18.7 Å². The minimum absolute atomic E-state index is 0.210. The molecule has 3 rings (SSSR count). The predicted octanol–water partition coefficient (Wildman–Crippen LogP) is 5.44. The number of esters is 2. The Morgan fingerprint density at radius 3 is 2.72 bits per heavy atom. The van der Waals surface area contributed by atoms with Crippen molar-refractivity contribution in [2.24, 2.45) is 0 Å². The molecule has 1 aromatic carbocycles. The number of hydrogen-bond donors (Lipinski definition) is 0. The topological polar surface area (TPSA) is 102 Å². The van der Waals surface area contributed by atoms with Crippen LogP contribution >= 0.6 is 11.8 Å². The predicted molar refractivity (Wildman–Crippen MR) is 121 cm³/mol. The zero-order valence-corrected chi connectivity index (χ0v) is 19.1. The summed E-state index contributed by atoms with van der Waals surface area (Å²) < 4.78 is 16.3. The molecule has 0 saturated carbocycles. The molecular formula is C24H24N2O5S. The molecule has 0 bridgehead atoms. The van der Waals surface area contributed by atoms with E-state index in [1.54, 1.807) is 31.2 Å². The average Bonchev–Trinajstić information content (AvgIpc) is 3.13. The molecular weight excluding hydrogens is 428 g/mol. The number of pyridine rings is 1. The van der Waals surface area contributed by atoms with Gasteiger partial charge >= 0.3 is 11.9 Å². The van der Waals surface area contributed by atoms with Gasteiger partial charge in [0, 0.05) is 18.0 Å². The van der Waals surface area contributed by atoms with Gasteiger partial charge in [-0.1, -0.05) is 25.1 Å². The maximum Gasteiger partial charge on any atom is 0.342 e. The zero-order valence-electron chi connectivity index (χ0n) is 18.3. The van der Waals surface area contributed by atoms with E-state index < -0.39 is 11.9 Å². The lowest BCUT2D eigenvalue weighted by Gasteiger charge is -2.07. The summed E-state index contributed by atoms with van der Waals surface area (Å²) in [6, 6.07) is 10.7. The van der Waals surface area contributed by atoms with Gasteiger partial charge < -0.3 is 13.9 Å². The number of ether oxygens (including phenoxy) is 2. The van der Waals surface area contributed by atoms with Crippen molar-refractivity contribution in [3.05, 3.63) is 52.9 Å². The number of aryl methyl sites for hydroxylation is 1. The van der Waals surface area contributed by atoms with Crippen LogP contribution in [0.2, 0.25) is 0 Å². The van der Waals surface area contributed by atoms with Gasteiger partial charge in [0.2, 0.25) is 0 Å². The summed E-state index contributed by atoms with van der Waals surface area (Å²) in [7, 11) is 0. The van der Waals surface area contributed by atoms with Crippen LogP contribution in [-0.2, 0) is 21.7 Å². The van der Waals surface area contributed by atoms with E-state index in [1.807, 2.05) is 6.07 Å². The molecule has 32 heavy (non-hydrogen) atoms. The van der Waals surface area contributed by atoms with E-state index in [4.69, 9.17) is 13.9 Å². The highest BCUT2D eigenvalue weighted by Gasteiger charge is 2.23. The van der Waals surface area contributed by atoms with Gasteiger partial charge in [-0.05, 0) is 50.1 Å². The van der Waals surface area contributed by atoms with Crippen molar-refractivity contribution < 1.29 is 23.5 Å². The highest BCUT2D eigenvalue weighted by Crippen LogP contribution is 2.34. The molecule has 2 aromatic heterocycles. The Morgan fingerprint density at radius 1 is 1.22 bits per heavy atom. The fourth-order valence-electron chi connectivity index (χ4n) is 3.19. The lowest BCUT2D eigenvalue weighted by atomic mass is 10.1. The molecule has 7 nitrogen and oxygen atoms in total. The SMILES string of the molecule is CCCCc1ccc(C#N)c(SCc2oc3ccc(OC(C)=O)cc3c2C(=O)OCC)n1. The van der Waals surface area contributed by atoms with Gasteiger partial charge in [-0.15, -0.1) is 0 Å². The second kappa shape index (κ2) is 10.8. The monoisotopic (exact) mass is 452 g/mol. The van der Waals surface area contributed by atoms with Crippen molar-refractivity contribution in [3.63, 3.8) is 0 Å². The van der Waals surface area contributed by atoms with Crippen LogP contribution in [0.5, 0.6) is 5.75 Å². The minimum Gasteiger partial charge on any atom is -0.462 e. The van der Waals surface area contributed by atoms with Gasteiger partial charge in [-0.2, -0.15) is 5.26 Å². The van der Waals surface area contributed by atoms with Gasteiger partial charge in [-0.3, -0.25) is 4.79 Å². The number of thioether (sulfide) groups is 1. The quantitative estimate of drug-likeness (QED) is 0.240. The van der Waals surface area contributed by atoms with Crippen molar-refractivity contribution in [1.82, 2.24) is 4.98 Å². The number of carbonyl (C=O) groups is 2. The summed E-state index contributed by atoms with van der Waals surface area (Å²) in [6.45, 7) is 5.36. The maximum absolute atomic E-state index is 12.7. The Morgan fingerprint density at radius 2 is 2.03 bits per heavy atom. The first-order chi connectivity index (χ1) is 15.5. The van der Waals surface area contributed by atoms with Crippen LogP contribution in [-0.4, -0.2) is 23.5 Å². The molecule has 3 aromatic rings. The first-order valence-corrected chi connectivity index (χ1v) is 11.4. The van der Waals surface area contributed by atoms with Crippen molar-refractivity contribution in [2.45, 2.75) is 50.8 Å². The summed E-state index contributed by atoms with van der Waals surface area (Å²) in [4.78, 5) is 28.7. The number of nitriles is 1. The van der Waals surface area contributed by atoms with Crippen LogP contribution < -0.4 is 4.74 Å². The lowest BCUT2D eigenvalue weighted by Crippen LogP contribution is -2.07. The molecule has 8 heteroatoms. The highest BCUT2D eigenvalue weighted by atomic mass is 32.2.